The molecule has 6 aromatic carbocycles. The Morgan fingerprint density at radius 2 is 0.780 bits per heavy atom. The van der Waals surface area contributed by atoms with E-state index >= 15 is 0 Å². The molecular weight excluding hydrogens is 1570 g/mol. The van der Waals surface area contributed by atoms with Gasteiger partial charge in [0, 0.05) is 150 Å². The number of nitrogens with zero attached hydrogens (tertiary/aromatic N) is 8. The molecule has 8 aliphatic heterocycles. The van der Waals surface area contributed by atoms with Gasteiger partial charge in [0.05, 0.1) is 77.3 Å². The molecule has 18 rings (SSSR count). The van der Waals surface area contributed by atoms with E-state index in [0.717, 1.165) is 181 Å². The fourth-order valence-corrected chi connectivity index (χ4v) is 20.3. The van der Waals surface area contributed by atoms with Crippen molar-refractivity contribution in [1.82, 2.24) is 29.7 Å². The van der Waals surface area contributed by atoms with Crippen LogP contribution in [0.1, 0.15) is 231 Å². The third-order valence-electron chi connectivity index (χ3n) is 27.1. The summed E-state index contributed by atoms with van der Waals surface area (Å²) in [4.78, 5) is 62.8. The molecule has 13 N–H and O–H groups in total. The van der Waals surface area contributed by atoms with Gasteiger partial charge < -0.3 is 85.2 Å². The molecule has 8 saturated heterocycles. The predicted octanol–water partition coefficient (Wildman–Crippen LogP) is 7.49. The fourth-order valence-electron chi connectivity index (χ4n) is 20.3. The van der Waals surface area contributed by atoms with Crippen LogP contribution in [0.25, 0.3) is 0 Å². The van der Waals surface area contributed by atoms with Crippen LogP contribution in [-0.2, 0) is 17.9 Å². The van der Waals surface area contributed by atoms with Crippen LogP contribution in [-0.4, -0.2) is 214 Å². The van der Waals surface area contributed by atoms with Crippen LogP contribution in [0.15, 0.2) is 115 Å². The number of piperazine rings is 2. The number of hydrogen-bond donors (Lipinski definition) is 6. The molecule has 123 heavy (non-hydrogen) atoms. The maximum absolute atomic E-state index is 14.4. The number of carbonyl (C=O) groups is 4. The van der Waals surface area contributed by atoms with E-state index < -0.39 is 5.82 Å². The minimum atomic E-state index is -0.417. The van der Waals surface area contributed by atoms with E-state index in [1.807, 2.05) is 74.7 Å². The zero-order valence-electron chi connectivity index (χ0n) is 71.9. The van der Waals surface area contributed by atoms with Crippen LogP contribution in [0, 0.1) is 17.5 Å². The Kier molecular flexibility index (Phi) is 30.0. The number of benzene rings is 6. The largest absolute Gasteiger partial charge is 0.490 e. The number of carbonyl (C=O) groups excluding carboxylic acids is 4. The average molecular weight is 1700 g/mol. The first kappa shape index (κ1) is 87.0. The lowest BCUT2D eigenvalue weighted by molar-refractivity contribution is -0.655. The molecule has 11 fully saturated rings. The third kappa shape index (κ3) is 23.4. The van der Waals surface area contributed by atoms with E-state index in [0.29, 0.717) is 132 Å². The summed E-state index contributed by atoms with van der Waals surface area (Å²) >= 11 is 0. The summed E-state index contributed by atoms with van der Waals surface area (Å²) in [6.07, 6.45) is 28.0. The molecule has 7 aromatic rings. The van der Waals surface area contributed by atoms with Crippen molar-refractivity contribution in [2.45, 2.75) is 222 Å². The average Bonchev–Trinajstić information content (AvgIpc) is 1.30. The molecule has 3 aliphatic carbocycles. The lowest BCUT2D eigenvalue weighted by Crippen LogP contribution is -2.91. The summed E-state index contributed by atoms with van der Waals surface area (Å²) in [6.45, 7) is 16.6. The molecule has 0 unspecified atom stereocenters. The van der Waals surface area contributed by atoms with Crippen LogP contribution in [0.2, 0.25) is 0 Å². The first-order chi connectivity index (χ1) is 60.2. The zero-order valence-corrected chi connectivity index (χ0v) is 71.9. The van der Waals surface area contributed by atoms with Crippen molar-refractivity contribution in [3.05, 3.63) is 177 Å². The number of nitrogens with two attached hydrogens (primary N) is 5. The molecule has 0 bridgehead atoms. The molecule has 0 radical (unpaired) electrons. The molecule has 660 valence electrons. The van der Waals surface area contributed by atoms with Crippen LogP contribution >= 0.6 is 0 Å². The Balaban J connectivity index is 0.000000137. The number of rotatable bonds is 23. The highest BCUT2D eigenvalue weighted by molar-refractivity contribution is 5.97. The van der Waals surface area contributed by atoms with E-state index in [1.165, 1.54) is 118 Å². The second kappa shape index (κ2) is 42.5. The van der Waals surface area contributed by atoms with E-state index in [4.69, 9.17) is 28.4 Å². The van der Waals surface area contributed by atoms with Gasteiger partial charge in [0.1, 0.15) is 102 Å². The second-order valence-corrected chi connectivity index (χ2v) is 36.0. The summed E-state index contributed by atoms with van der Waals surface area (Å²) in [5, 5.41) is 19.3. The van der Waals surface area contributed by atoms with Gasteiger partial charge in [-0.05, 0) is 157 Å². The second-order valence-electron chi connectivity index (χ2n) is 36.0. The molecule has 11 aliphatic rings. The van der Waals surface area contributed by atoms with Gasteiger partial charge in [-0.2, -0.15) is 0 Å². The molecule has 0 spiro atoms. The highest BCUT2D eigenvalue weighted by Gasteiger charge is 2.35. The van der Waals surface area contributed by atoms with Gasteiger partial charge in [-0.1, -0.05) is 63.0 Å². The molecule has 9 heterocycles. The van der Waals surface area contributed by atoms with Gasteiger partial charge in [-0.3, -0.25) is 19.2 Å². The quantitative estimate of drug-likeness (QED) is 0.0363. The summed E-state index contributed by atoms with van der Waals surface area (Å²) in [6, 6.07) is 32.6. The number of quaternary nitrogens is 6. The number of piperidine rings is 3. The molecular formula is C96H131F3N14O10+6. The van der Waals surface area contributed by atoms with Crippen molar-refractivity contribution in [2.24, 2.45) is 0 Å². The monoisotopic (exact) mass is 1700 g/mol. The van der Waals surface area contributed by atoms with Gasteiger partial charge in [0.25, 0.3) is 23.6 Å². The van der Waals surface area contributed by atoms with E-state index in [1.54, 1.807) is 21.7 Å². The maximum Gasteiger partial charge on any atom is 0.282 e. The van der Waals surface area contributed by atoms with Gasteiger partial charge in [0.15, 0.2) is 24.9 Å². The third-order valence-corrected chi connectivity index (χ3v) is 27.1. The van der Waals surface area contributed by atoms with Crippen molar-refractivity contribution >= 4 is 35.0 Å². The number of amides is 4. The first-order valence-corrected chi connectivity index (χ1v) is 46.7. The molecule has 3 atom stereocenters. The predicted molar refractivity (Wildman–Crippen MR) is 460 cm³/mol. The standard InChI is InChI=1S/C32H41FN6O3.C32H41FN4O4.C32H43FN4O3/c33-25-14-22(20-39-21-26(18-34)36-37-39)15-29(17-25)41-27-9-12-38(13-10-27)32(40)24-6-7-31(42-28-8-11-35-19-28)30(16-24)23-4-2-1-3-5-23;33-24-17-25(37-15-12-35-21-31(37)38)19-28(18-24)40-26-9-13-36(14-10-26)32(39)23-6-7-30(41-27-8-11-34-20-27)29(16-23)22-4-2-1-3-5-22;33-25-19-26(36-16-12-34-13-17-36)21-29(20-25)39-27-9-14-37(15-10-27)32(38)24-6-7-31(40-28-8-11-35-22-28)30(18-24)23-4-2-1-3-5-23/h6-7,14-17,21,23,27-28,35H,1-5,8-13,18-20,34H2;6-7,16-19,22,26-27,34-35H,1-5,8-15,20-21H2;6-7,18-21,23,27-28,34-35H,1-5,8-17,22H2/p+6/t28-;27-;28-/m000/s1. The number of likely N-dealkylation sites (tertiary alicyclic amines) is 3. The maximum atomic E-state index is 14.4. The lowest BCUT2D eigenvalue weighted by atomic mass is 9.83. The Labute approximate surface area is 721 Å². The van der Waals surface area contributed by atoms with Crippen molar-refractivity contribution < 1.29 is 93.1 Å². The highest BCUT2D eigenvalue weighted by atomic mass is 19.1. The summed E-state index contributed by atoms with van der Waals surface area (Å²) in [5.41, 5.74) is 12.7. The normalized spacial score (nSPS) is 21.9. The topological polar surface area (TPSA) is 281 Å². The number of anilines is 2. The fraction of sp³-hybridized carbons (Fsp3) is 0.562. The van der Waals surface area contributed by atoms with Crippen LogP contribution in [0.3, 0.4) is 0 Å². The molecule has 3 saturated carbocycles. The highest BCUT2D eigenvalue weighted by Crippen LogP contribution is 2.43. The van der Waals surface area contributed by atoms with E-state index in [2.05, 4.69) is 60.4 Å². The van der Waals surface area contributed by atoms with E-state index in [9.17, 15) is 32.3 Å². The zero-order chi connectivity index (χ0) is 84.4. The Hall–Kier alpha value is -9.51. The number of aromatic nitrogens is 3. The Bertz CT molecular complexity index is 4660. The smallest absolute Gasteiger partial charge is 0.282 e. The number of ether oxygens (including phenoxy) is 6. The van der Waals surface area contributed by atoms with Crippen LogP contribution in [0.5, 0.6) is 34.5 Å². The van der Waals surface area contributed by atoms with E-state index in [-0.39, 0.29) is 71.9 Å². The number of halogens is 3. The van der Waals surface area contributed by atoms with Crippen molar-refractivity contribution in [2.75, 3.05) is 134 Å². The lowest BCUT2D eigenvalue weighted by Gasteiger charge is -2.33. The minimum absolute atomic E-state index is 0.0230. The van der Waals surface area contributed by atoms with Gasteiger partial charge in [0.2, 0.25) is 0 Å². The summed E-state index contributed by atoms with van der Waals surface area (Å²) in [7, 11) is 0. The number of hydrogen-bond acceptors (Lipinski definition) is 13. The molecule has 27 heteroatoms. The summed E-state index contributed by atoms with van der Waals surface area (Å²) < 4.78 is 82.9. The molecule has 4 amide bonds. The van der Waals surface area contributed by atoms with Crippen LogP contribution in [0.4, 0.5) is 24.5 Å². The summed E-state index contributed by atoms with van der Waals surface area (Å²) in [5.74, 6) is 4.95. The molecule has 24 nitrogen and oxygen atoms in total. The van der Waals surface area contributed by atoms with Crippen molar-refractivity contribution in [3.8, 4) is 34.5 Å². The Morgan fingerprint density at radius 3 is 1.17 bits per heavy atom. The molecule has 1 aromatic heterocycles. The van der Waals surface area contributed by atoms with Gasteiger partial charge in [-0.25, -0.2) is 17.9 Å². The SMILES string of the molecule is O=C(c1ccc(O[C@H]2CC[NH2+]C2)c(C2CCCCC2)c1)N1CCC(Oc2cc(F)cc(N3CC[NH2+]CC3)c2)CC1.O=C(c1ccc(O[C@H]2CC[NH2+]C2)c(C2CCCCC2)c1)N1CCC(Oc2cc(F)cc(N3CC[NH2+]CC3=O)c2)CC1.[NH3+]Cc1cn(Cc2cc(F)cc(OC3CCN(C(=O)c4ccc(O[C@H]5CC[NH2+]C5)c(C5CCCCC5)c4)CC3)c2)nn1. The first-order valence-electron chi connectivity index (χ1n) is 46.7. The van der Waals surface area contributed by atoms with Gasteiger partial charge in [-0.15, -0.1) is 5.10 Å². The van der Waals surface area contributed by atoms with Crippen LogP contribution < -0.4 is 70.5 Å². The van der Waals surface area contributed by atoms with Gasteiger partial charge >= 0.3 is 0 Å². The Morgan fingerprint density at radius 1 is 0.390 bits per heavy atom. The van der Waals surface area contributed by atoms with Crippen molar-refractivity contribution in [3.63, 3.8) is 0 Å². The van der Waals surface area contributed by atoms with Crippen molar-refractivity contribution in [1.29, 1.82) is 0 Å². The minimum Gasteiger partial charge on any atom is -0.490 e.